The summed E-state index contributed by atoms with van der Waals surface area (Å²) < 4.78 is 29.1. The van der Waals surface area contributed by atoms with Crippen molar-refractivity contribution in [3.05, 3.63) is 54.1 Å². The molecule has 2 N–H and O–H groups in total. The predicted molar refractivity (Wildman–Crippen MR) is 74.2 cm³/mol. The fourth-order valence-corrected chi connectivity index (χ4v) is 2.62. The maximum absolute atomic E-state index is 12.0. The Morgan fingerprint density at radius 1 is 1.10 bits per heavy atom. The summed E-state index contributed by atoms with van der Waals surface area (Å²) in [6.45, 7) is 0. The third-order valence-electron chi connectivity index (χ3n) is 2.68. The van der Waals surface area contributed by atoms with Crippen LogP contribution in [-0.4, -0.2) is 30.5 Å². The number of carboxylic acids is 1. The summed E-state index contributed by atoms with van der Waals surface area (Å²) in [6, 6.07) is 11.3. The van der Waals surface area contributed by atoms with Gasteiger partial charge >= 0.3 is 5.97 Å². The minimum atomic E-state index is -3.62. The first kappa shape index (κ1) is 14.9. The van der Waals surface area contributed by atoms with Gasteiger partial charge in [-0.25, -0.2) is 13.2 Å². The highest BCUT2D eigenvalue weighted by atomic mass is 32.2. The summed E-state index contributed by atoms with van der Waals surface area (Å²) in [6.07, 6.45) is 0. The van der Waals surface area contributed by atoms with E-state index in [1.165, 1.54) is 18.2 Å². The molecule has 0 aromatic heterocycles. The molecule has 0 atom stereocenters. The van der Waals surface area contributed by atoms with Crippen LogP contribution in [0.2, 0.25) is 0 Å². The first-order valence-corrected chi connectivity index (χ1v) is 7.52. The van der Waals surface area contributed by atoms with Crippen LogP contribution in [-0.2, 0) is 9.84 Å². The van der Waals surface area contributed by atoms with Gasteiger partial charge < -0.3 is 14.9 Å². The SMILES string of the molecule is O=C(O)c1ccc(OCS(=O)(=O)c2ccccc2)cc1O. The summed E-state index contributed by atoms with van der Waals surface area (Å²) in [7, 11) is -3.62. The van der Waals surface area contributed by atoms with E-state index >= 15 is 0 Å². The van der Waals surface area contributed by atoms with Gasteiger partial charge in [-0.05, 0) is 24.3 Å². The van der Waals surface area contributed by atoms with Crippen LogP contribution in [0.1, 0.15) is 10.4 Å². The smallest absolute Gasteiger partial charge is 0.339 e. The Labute approximate surface area is 121 Å². The molecule has 0 spiro atoms. The van der Waals surface area contributed by atoms with Crippen molar-refractivity contribution in [2.45, 2.75) is 4.90 Å². The number of aromatic carboxylic acids is 1. The summed E-state index contributed by atoms with van der Waals surface area (Å²) in [5.41, 5.74) is -0.284. The maximum Gasteiger partial charge on any atom is 0.339 e. The molecule has 0 radical (unpaired) electrons. The Morgan fingerprint density at radius 3 is 2.33 bits per heavy atom. The number of ether oxygens (including phenoxy) is 1. The van der Waals surface area contributed by atoms with Crippen LogP contribution in [0.25, 0.3) is 0 Å². The lowest BCUT2D eigenvalue weighted by molar-refractivity contribution is 0.0693. The summed E-state index contributed by atoms with van der Waals surface area (Å²) in [5.74, 6) is -2.31. The van der Waals surface area contributed by atoms with Gasteiger partial charge in [-0.2, -0.15) is 0 Å². The molecule has 7 heteroatoms. The lowest BCUT2D eigenvalue weighted by Crippen LogP contribution is -2.12. The summed E-state index contributed by atoms with van der Waals surface area (Å²) in [4.78, 5) is 10.9. The highest BCUT2D eigenvalue weighted by Gasteiger charge is 2.16. The third-order valence-corrected chi connectivity index (χ3v) is 4.10. The monoisotopic (exact) mass is 308 g/mol. The van der Waals surface area contributed by atoms with E-state index in [1.54, 1.807) is 18.2 Å². The first-order valence-electron chi connectivity index (χ1n) is 5.87. The van der Waals surface area contributed by atoms with Crippen molar-refractivity contribution in [2.24, 2.45) is 0 Å². The van der Waals surface area contributed by atoms with E-state index in [2.05, 4.69) is 0 Å². The molecule has 0 unspecified atom stereocenters. The van der Waals surface area contributed by atoms with Crippen LogP contribution in [0.3, 0.4) is 0 Å². The number of hydrogen-bond acceptors (Lipinski definition) is 5. The number of rotatable bonds is 5. The molecule has 21 heavy (non-hydrogen) atoms. The van der Waals surface area contributed by atoms with E-state index < -0.39 is 27.5 Å². The van der Waals surface area contributed by atoms with Crippen molar-refractivity contribution in [3.8, 4) is 11.5 Å². The minimum absolute atomic E-state index is 0.0667. The number of carboxylic acid groups (broad SMARTS) is 1. The highest BCUT2D eigenvalue weighted by molar-refractivity contribution is 7.91. The van der Waals surface area contributed by atoms with Gasteiger partial charge in [0.2, 0.25) is 9.84 Å². The molecule has 6 nitrogen and oxygen atoms in total. The number of carbonyl (C=O) groups is 1. The number of phenols is 1. The van der Waals surface area contributed by atoms with Gasteiger partial charge in [-0.15, -0.1) is 0 Å². The van der Waals surface area contributed by atoms with E-state index in [0.717, 1.165) is 12.1 Å². The average molecular weight is 308 g/mol. The number of sulfone groups is 1. The molecule has 2 aromatic carbocycles. The predicted octanol–water partition coefficient (Wildman–Crippen LogP) is 1.90. The quantitative estimate of drug-likeness (QED) is 0.875. The molecule has 2 aromatic rings. The molecule has 0 saturated heterocycles. The number of aromatic hydroxyl groups is 1. The Morgan fingerprint density at radius 2 is 1.76 bits per heavy atom. The molecule has 0 fully saturated rings. The van der Waals surface area contributed by atoms with Gasteiger partial charge in [0.05, 0.1) is 4.90 Å². The zero-order chi connectivity index (χ0) is 15.5. The van der Waals surface area contributed by atoms with Crippen molar-refractivity contribution in [1.82, 2.24) is 0 Å². The second kappa shape index (κ2) is 5.84. The van der Waals surface area contributed by atoms with E-state index in [9.17, 15) is 18.3 Å². The average Bonchev–Trinajstić information content (AvgIpc) is 2.46. The van der Waals surface area contributed by atoms with Gasteiger partial charge in [-0.3, -0.25) is 0 Å². The molecule has 2 rings (SSSR count). The van der Waals surface area contributed by atoms with Crippen LogP contribution in [0, 0.1) is 0 Å². The molecule has 0 bridgehead atoms. The first-order chi connectivity index (χ1) is 9.90. The lowest BCUT2D eigenvalue weighted by atomic mass is 10.2. The van der Waals surface area contributed by atoms with Crippen LogP contribution < -0.4 is 4.74 Å². The topological polar surface area (TPSA) is 101 Å². The van der Waals surface area contributed by atoms with Crippen molar-refractivity contribution < 1.29 is 28.2 Å². The molecule has 0 aliphatic rings. The summed E-state index contributed by atoms with van der Waals surface area (Å²) in [5, 5.41) is 18.3. The fraction of sp³-hybridized carbons (Fsp3) is 0.0714. The largest absolute Gasteiger partial charge is 0.507 e. The molecule has 0 aliphatic carbocycles. The van der Waals surface area contributed by atoms with E-state index in [0.29, 0.717) is 0 Å². The zero-order valence-electron chi connectivity index (χ0n) is 10.8. The van der Waals surface area contributed by atoms with Crippen molar-refractivity contribution in [2.75, 3.05) is 5.94 Å². The van der Waals surface area contributed by atoms with Gasteiger partial charge in [0, 0.05) is 6.07 Å². The highest BCUT2D eigenvalue weighted by Crippen LogP contribution is 2.24. The second-order valence-corrected chi connectivity index (χ2v) is 6.11. The van der Waals surface area contributed by atoms with Crippen LogP contribution in [0.15, 0.2) is 53.4 Å². The van der Waals surface area contributed by atoms with Crippen LogP contribution >= 0.6 is 0 Å². The Hall–Kier alpha value is -2.54. The summed E-state index contributed by atoms with van der Waals surface area (Å²) >= 11 is 0. The zero-order valence-corrected chi connectivity index (χ0v) is 11.6. The van der Waals surface area contributed by atoms with Gasteiger partial charge in [0.25, 0.3) is 0 Å². The molecule has 0 amide bonds. The third kappa shape index (κ3) is 3.51. The number of benzene rings is 2. The van der Waals surface area contributed by atoms with Crippen LogP contribution in [0.5, 0.6) is 11.5 Å². The Bertz CT molecular complexity index is 752. The molecule has 110 valence electrons. The van der Waals surface area contributed by atoms with Crippen molar-refractivity contribution in [1.29, 1.82) is 0 Å². The van der Waals surface area contributed by atoms with Crippen molar-refractivity contribution >= 4 is 15.8 Å². The fourth-order valence-electron chi connectivity index (χ4n) is 1.62. The lowest BCUT2D eigenvalue weighted by Gasteiger charge is -2.08. The van der Waals surface area contributed by atoms with Gasteiger partial charge in [0.15, 0.2) is 5.94 Å². The number of hydrogen-bond donors (Lipinski definition) is 2. The van der Waals surface area contributed by atoms with Crippen molar-refractivity contribution in [3.63, 3.8) is 0 Å². The molecule has 0 heterocycles. The second-order valence-electron chi connectivity index (χ2n) is 4.17. The molecular formula is C14H12O6S. The van der Waals surface area contributed by atoms with E-state index in [1.807, 2.05) is 0 Å². The Balaban J connectivity index is 2.14. The van der Waals surface area contributed by atoms with Crippen LogP contribution in [0.4, 0.5) is 0 Å². The maximum atomic E-state index is 12.0. The van der Waals surface area contributed by atoms with Gasteiger partial charge in [-0.1, -0.05) is 18.2 Å². The molecule has 0 aliphatic heterocycles. The normalized spacial score (nSPS) is 11.0. The Kier molecular flexibility index (Phi) is 4.13. The molecule has 0 saturated carbocycles. The minimum Gasteiger partial charge on any atom is -0.507 e. The molecular weight excluding hydrogens is 296 g/mol. The standard InChI is InChI=1S/C14H12O6S/c15-13-8-10(6-7-12(13)14(16)17)20-9-21(18,19)11-4-2-1-3-5-11/h1-8,15H,9H2,(H,16,17). The van der Waals surface area contributed by atoms with E-state index in [-0.39, 0.29) is 16.2 Å². The van der Waals surface area contributed by atoms with E-state index in [4.69, 9.17) is 9.84 Å². The van der Waals surface area contributed by atoms with Gasteiger partial charge in [0.1, 0.15) is 17.1 Å².